The third kappa shape index (κ3) is 5.34. The van der Waals surface area contributed by atoms with Gasteiger partial charge in [-0.2, -0.15) is 0 Å². The van der Waals surface area contributed by atoms with Crippen molar-refractivity contribution in [3.05, 3.63) is 22.3 Å². The van der Waals surface area contributed by atoms with Gasteiger partial charge in [0.1, 0.15) is 22.5 Å². The number of halogens is 1. The lowest BCUT2D eigenvalue weighted by Crippen LogP contribution is -2.48. The van der Waals surface area contributed by atoms with Gasteiger partial charge in [-0.05, 0) is 66.1 Å². The molecule has 2 saturated heterocycles. The van der Waals surface area contributed by atoms with E-state index in [1.165, 1.54) is 0 Å². The van der Waals surface area contributed by atoms with Crippen molar-refractivity contribution in [3.8, 4) is 0 Å². The van der Waals surface area contributed by atoms with E-state index in [1.807, 2.05) is 13.8 Å². The summed E-state index contributed by atoms with van der Waals surface area (Å²) in [6, 6.07) is 2.85. The van der Waals surface area contributed by atoms with Gasteiger partial charge in [-0.1, -0.05) is 13.8 Å². The maximum atomic E-state index is 12.8. The summed E-state index contributed by atoms with van der Waals surface area (Å²) in [7, 11) is 1.74. The van der Waals surface area contributed by atoms with Gasteiger partial charge < -0.3 is 20.9 Å². The Balaban J connectivity index is 1.46. The number of nitrogens with one attached hydrogen (secondary N) is 1. The number of hydrogen-bond acceptors (Lipinski definition) is 6. The molecule has 0 spiro atoms. The molecule has 0 aromatic carbocycles. The van der Waals surface area contributed by atoms with Crippen LogP contribution in [0, 0.1) is 5.92 Å². The Bertz CT molecular complexity index is 959. The van der Waals surface area contributed by atoms with Crippen molar-refractivity contribution in [1.82, 2.24) is 25.0 Å². The first-order valence-electron chi connectivity index (χ1n) is 11.7. The van der Waals surface area contributed by atoms with Crippen LogP contribution < -0.4 is 11.1 Å². The quantitative estimate of drug-likeness (QED) is 0.387. The number of carbonyl (C=O) groups excluding carboxylic acids is 4. The maximum Gasteiger partial charge on any atom is 0.325 e. The molecule has 186 valence electrons. The van der Waals surface area contributed by atoms with E-state index in [2.05, 4.69) is 26.2 Å². The Labute approximate surface area is 208 Å². The Morgan fingerprint density at radius 1 is 1.24 bits per heavy atom. The largest absolute Gasteiger partial charge is 0.383 e. The molecule has 0 aliphatic carbocycles. The molecule has 2 fully saturated rings. The highest BCUT2D eigenvalue weighted by Crippen LogP contribution is 2.26. The molecule has 0 radical (unpaired) electrons. The molecule has 2 aliphatic rings. The van der Waals surface area contributed by atoms with Crippen molar-refractivity contribution in [1.29, 1.82) is 0 Å². The number of rotatable bonds is 8. The average molecular weight is 537 g/mol. The van der Waals surface area contributed by atoms with Gasteiger partial charge in [0.2, 0.25) is 5.91 Å². The standard InChI is InChI=1S/C23H33BrN6O4/c1-4-23(5-2)21(33)30(22(34)27-23)14-18(31)29-12-9-15(10-13-29)8-11-28(3)20(32)16-6-7-17(24)26-19(16)25/h6-7,15H,4-5,8-14H2,1-3H3,(H2,25,26)(H,27,34). The fourth-order valence-corrected chi connectivity index (χ4v) is 4.89. The van der Waals surface area contributed by atoms with E-state index < -0.39 is 11.6 Å². The number of likely N-dealkylation sites (tertiary alicyclic amines) is 1. The van der Waals surface area contributed by atoms with Crippen molar-refractivity contribution < 1.29 is 19.2 Å². The highest BCUT2D eigenvalue weighted by Gasteiger charge is 2.49. The summed E-state index contributed by atoms with van der Waals surface area (Å²) >= 11 is 3.24. The Morgan fingerprint density at radius 2 is 1.88 bits per heavy atom. The Hall–Kier alpha value is -2.69. The molecule has 3 N–H and O–H groups in total. The molecule has 1 aromatic rings. The van der Waals surface area contributed by atoms with Crippen LogP contribution in [0.25, 0.3) is 0 Å². The zero-order valence-electron chi connectivity index (χ0n) is 20.0. The van der Waals surface area contributed by atoms with Crippen molar-refractivity contribution >= 4 is 45.5 Å². The summed E-state index contributed by atoms with van der Waals surface area (Å²) in [5, 5.41) is 2.76. The lowest BCUT2D eigenvalue weighted by atomic mass is 9.92. The van der Waals surface area contributed by atoms with E-state index in [9.17, 15) is 19.2 Å². The van der Waals surface area contributed by atoms with Crippen LogP contribution in [0.4, 0.5) is 10.6 Å². The summed E-state index contributed by atoms with van der Waals surface area (Å²) in [4.78, 5) is 59.0. The van der Waals surface area contributed by atoms with Gasteiger partial charge >= 0.3 is 6.03 Å². The number of amides is 5. The molecule has 2 aliphatic heterocycles. The lowest BCUT2D eigenvalue weighted by molar-refractivity contribution is -0.140. The van der Waals surface area contributed by atoms with E-state index in [4.69, 9.17) is 5.73 Å². The van der Waals surface area contributed by atoms with Crippen molar-refractivity contribution in [2.75, 3.05) is 39.0 Å². The molecule has 3 heterocycles. The predicted molar refractivity (Wildman–Crippen MR) is 131 cm³/mol. The number of nitrogens with zero attached hydrogens (tertiary/aromatic N) is 4. The molecule has 0 unspecified atom stereocenters. The van der Waals surface area contributed by atoms with Gasteiger partial charge in [-0.15, -0.1) is 0 Å². The first-order valence-corrected chi connectivity index (χ1v) is 12.5. The monoisotopic (exact) mass is 536 g/mol. The van der Waals surface area contributed by atoms with Gasteiger partial charge in [0.25, 0.3) is 11.8 Å². The minimum absolute atomic E-state index is 0.172. The lowest BCUT2D eigenvalue weighted by Gasteiger charge is -2.33. The summed E-state index contributed by atoms with van der Waals surface area (Å²) < 4.78 is 0.579. The van der Waals surface area contributed by atoms with Gasteiger partial charge in [0, 0.05) is 26.7 Å². The number of piperidine rings is 1. The van der Waals surface area contributed by atoms with Crippen LogP contribution in [-0.2, 0) is 9.59 Å². The third-order valence-electron chi connectivity index (χ3n) is 7.05. The molecule has 0 saturated carbocycles. The van der Waals surface area contributed by atoms with E-state index >= 15 is 0 Å². The molecule has 1 aromatic heterocycles. The zero-order valence-corrected chi connectivity index (χ0v) is 21.6. The van der Waals surface area contributed by atoms with Gasteiger partial charge in [-0.3, -0.25) is 19.3 Å². The molecule has 0 bridgehead atoms. The number of carbonyl (C=O) groups is 4. The molecule has 10 nitrogen and oxygen atoms in total. The van der Waals surface area contributed by atoms with Gasteiger partial charge in [-0.25, -0.2) is 9.78 Å². The highest BCUT2D eigenvalue weighted by atomic mass is 79.9. The van der Waals surface area contributed by atoms with Crippen LogP contribution >= 0.6 is 15.9 Å². The normalized spacial score (nSPS) is 18.2. The molecule has 34 heavy (non-hydrogen) atoms. The summed E-state index contributed by atoms with van der Waals surface area (Å²) in [6.45, 7) is 5.20. The van der Waals surface area contributed by atoms with Crippen molar-refractivity contribution in [2.45, 2.75) is 51.5 Å². The number of nitrogens with two attached hydrogens (primary N) is 1. The number of pyridine rings is 1. The second kappa shape index (κ2) is 10.7. The first kappa shape index (κ1) is 25.9. The fraction of sp³-hybridized carbons (Fsp3) is 0.609. The molecular weight excluding hydrogens is 504 g/mol. The second-order valence-corrected chi connectivity index (χ2v) is 9.83. The van der Waals surface area contributed by atoms with Crippen LogP contribution in [0.5, 0.6) is 0 Å². The molecule has 0 atom stereocenters. The van der Waals surface area contributed by atoms with Crippen LogP contribution in [0.1, 0.15) is 56.3 Å². The topological polar surface area (TPSA) is 129 Å². The number of nitrogen functional groups attached to an aromatic ring is 1. The number of hydrogen-bond donors (Lipinski definition) is 2. The number of urea groups is 1. The van der Waals surface area contributed by atoms with Crippen LogP contribution in [0.15, 0.2) is 16.7 Å². The summed E-state index contributed by atoms with van der Waals surface area (Å²) in [5.74, 6) is -0.132. The van der Waals surface area contributed by atoms with E-state index in [0.29, 0.717) is 48.6 Å². The predicted octanol–water partition coefficient (Wildman–Crippen LogP) is 2.24. The van der Waals surface area contributed by atoms with Gasteiger partial charge in [0.15, 0.2) is 0 Å². The Morgan fingerprint density at radius 3 is 2.44 bits per heavy atom. The van der Waals surface area contributed by atoms with E-state index in [0.717, 1.165) is 24.2 Å². The molecule has 3 rings (SSSR count). The van der Waals surface area contributed by atoms with Crippen molar-refractivity contribution in [2.24, 2.45) is 5.92 Å². The van der Waals surface area contributed by atoms with Crippen LogP contribution in [0.2, 0.25) is 0 Å². The van der Waals surface area contributed by atoms with E-state index in [1.54, 1.807) is 29.0 Å². The van der Waals surface area contributed by atoms with E-state index in [-0.39, 0.29) is 30.1 Å². The fourth-order valence-electron chi connectivity index (χ4n) is 4.57. The Kier molecular flexibility index (Phi) is 8.17. The number of anilines is 1. The van der Waals surface area contributed by atoms with Crippen molar-refractivity contribution in [3.63, 3.8) is 0 Å². The minimum atomic E-state index is -0.898. The summed E-state index contributed by atoms with van der Waals surface area (Å²) in [6.07, 6.45) is 3.42. The third-order valence-corrected chi connectivity index (χ3v) is 7.50. The zero-order chi connectivity index (χ0) is 25.0. The highest BCUT2D eigenvalue weighted by molar-refractivity contribution is 9.10. The second-order valence-electron chi connectivity index (χ2n) is 9.02. The molecule has 11 heteroatoms. The molecular formula is C23H33BrN6O4. The van der Waals surface area contributed by atoms with Crippen LogP contribution in [-0.4, -0.2) is 82.2 Å². The number of aromatic nitrogens is 1. The number of imide groups is 1. The average Bonchev–Trinajstić information content (AvgIpc) is 3.07. The molecule has 5 amide bonds. The smallest absolute Gasteiger partial charge is 0.325 e. The summed E-state index contributed by atoms with van der Waals surface area (Å²) in [5.41, 5.74) is 5.35. The minimum Gasteiger partial charge on any atom is -0.383 e. The van der Waals surface area contributed by atoms with Gasteiger partial charge in [0.05, 0.1) is 5.56 Å². The first-order chi connectivity index (χ1) is 16.1. The maximum absolute atomic E-state index is 12.8. The van der Waals surface area contributed by atoms with Crippen LogP contribution in [0.3, 0.4) is 0 Å². The SMILES string of the molecule is CCC1(CC)NC(=O)N(CC(=O)N2CCC(CCN(C)C(=O)c3ccc(Br)nc3N)CC2)C1=O.